The summed E-state index contributed by atoms with van der Waals surface area (Å²) in [5, 5.41) is 6.84. The van der Waals surface area contributed by atoms with Gasteiger partial charge in [0, 0.05) is 26.6 Å². The summed E-state index contributed by atoms with van der Waals surface area (Å²) in [5.74, 6) is 2.50. The first-order valence-corrected chi connectivity index (χ1v) is 9.16. The number of nitrogens with one attached hydrogen (secondary N) is 2. The molecule has 132 valence electrons. The SMILES string of the molecule is CN=C(NCC(C)CN1CCCC1)NCC1Cc2ccccc2O1. The average Bonchev–Trinajstić information content (AvgIpc) is 3.23. The highest BCUT2D eigenvalue weighted by molar-refractivity contribution is 5.79. The monoisotopic (exact) mass is 330 g/mol. The first kappa shape index (κ1) is 17.1. The lowest BCUT2D eigenvalue weighted by molar-refractivity contribution is 0.234. The highest BCUT2D eigenvalue weighted by Crippen LogP contribution is 2.27. The van der Waals surface area contributed by atoms with Gasteiger partial charge in [-0.25, -0.2) is 0 Å². The first-order chi connectivity index (χ1) is 11.7. The summed E-state index contributed by atoms with van der Waals surface area (Å²) in [6, 6.07) is 8.28. The third-order valence-corrected chi connectivity index (χ3v) is 4.82. The van der Waals surface area contributed by atoms with E-state index in [4.69, 9.17) is 4.74 Å². The molecule has 2 aliphatic rings. The number of nitrogens with zero attached hydrogens (tertiary/aromatic N) is 2. The van der Waals surface area contributed by atoms with Crippen molar-refractivity contribution in [2.45, 2.75) is 32.3 Å². The van der Waals surface area contributed by atoms with Crippen molar-refractivity contribution < 1.29 is 4.74 Å². The number of guanidine groups is 1. The number of ether oxygens (including phenoxy) is 1. The summed E-state index contributed by atoms with van der Waals surface area (Å²) >= 11 is 0. The summed E-state index contributed by atoms with van der Waals surface area (Å²) in [6.45, 7) is 7.71. The molecule has 0 amide bonds. The molecule has 0 saturated carbocycles. The molecule has 5 nitrogen and oxygen atoms in total. The molecule has 24 heavy (non-hydrogen) atoms. The lowest BCUT2D eigenvalue weighted by Gasteiger charge is -2.22. The summed E-state index contributed by atoms with van der Waals surface area (Å²) < 4.78 is 5.96. The maximum atomic E-state index is 5.96. The van der Waals surface area contributed by atoms with Gasteiger partial charge in [0.15, 0.2) is 5.96 Å². The average molecular weight is 330 g/mol. The Labute approximate surface area is 145 Å². The van der Waals surface area contributed by atoms with Crippen molar-refractivity contribution in [3.8, 4) is 5.75 Å². The number of likely N-dealkylation sites (tertiary alicyclic amines) is 1. The lowest BCUT2D eigenvalue weighted by atomic mass is 10.1. The van der Waals surface area contributed by atoms with Gasteiger partial charge >= 0.3 is 0 Å². The van der Waals surface area contributed by atoms with Crippen LogP contribution in [0.4, 0.5) is 0 Å². The third kappa shape index (κ3) is 4.63. The molecule has 2 atom stereocenters. The number of rotatable bonds is 6. The molecule has 2 heterocycles. The molecule has 1 aromatic rings. The number of benzene rings is 1. The molecule has 0 aliphatic carbocycles. The highest BCUT2D eigenvalue weighted by atomic mass is 16.5. The van der Waals surface area contributed by atoms with Crippen LogP contribution < -0.4 is 15.4 Å². The van der Waals surface area contributed by atoms with Crippen molar-refractivity contribution in [1.29, 1.82) is 0 Å². The molecule has 1 fully saturated rings. The summed E-state index contributed by atoms with van der Waals surface area (Å²) in [4.78, 5) is 6.89. The zero-order valence-electron chi connectivity index (χ0n) is 14.9. The molecule has 2 N–H and O–H groups in total. The zero-order chi connectivity index (χ0) is 16.8. The van der Waals surface area contributed by atoms with E-state index in [0.717, 1.165) is 31.2 Å². The molecule has 1 saturated heterocycles. The second kappa shape index (κ2) is 8.38. The van der Waals surface area contributed by atoms with Crippen LogP contribution in [0.15, 0.2) is 29.3 Å². The Morgan fingerprint density at radius 1 is 1.29 bits per heavy atom. The Morgan fingerprint density at radius 3 is 2.83 bits per heavy atom. The van der Waals surface area contributed by atoms with E-state index in [1.54, 1.807) is 0 Å². The number of para-hydroxylation sites is 1. The topological polar surface area (TPSA) is 48.9 Å². The maximum Gasteiger partial charge on any atom is 0.191 e. The van der Waals surface area contributed by atoms with E-state index < -0.39 is 0 Å². The molecule has 2 aliphatic heterocycles. The number of hydrogen-bond donors (Lipinski definition) is 2. The predicted octanol–water partition coefficient (Wildman–Crippen LogP) is 1.89. The largest absolute Gasteiger partial charge is 0.488 e. The maximum absolute atomic E-state index is 5.96. The van der Waals surface area contributed by atoms with E-state index in [1.807, 2.05) is 19.2 Å². The molecule has 3 rings (SSSR count). The van der Waals surface area contributed by atoms with E-state index >= 15 is 0 Å². The van der Waals surface area contributed by atoms with Gasteiger partial charge in [-0.15, -0.1) is 0 Å². The van der Waals surface area contributed by atoms with Gasteiger partial charge in [-0.2, -0.15) is 0 Å². The molecular formula is C19H30N4O. The number of hydrogen-bond acceptors (Lipinski definition) is 3. The van der Waals surface area contributed by atoms with Gasteiger partial charge in [0.05, 0.1) is 6.54 Å². The third-order valence-electron chi connectivity index (χ3n) is 4.82. The van der Waals surface area contributed by atoms with Gasteiger partial charge in [-0.3, -0.25) is 4.99 Å². The van der Waals surface area contributed by atoms with Gasteiger partial charge in [0.2, 0.25) is 0 Å². The second-order valence-corrected chi connectivity index (χ2v) is 7.00. The fourth-order valence-electron chi connectivity index (χ4n) is 3.54. The highest BCUT2D eigenvalue weighted by Gasteiger charge is 2.22. The Kier molecular flexibility index (Phi) is 5.96. The van der Waals surface area contributed by atoms with Gasteiger partial charge in [-0.05, 0) is 43.5 Å². The molecule has 5 heteroatoms. The Morgan fingerprint density at radius 2 is 2.08 bits per heavy atom. The molecule has 0 aromatic heterocycles. The van der Waals surface area contributed by atoms with Crippen LogP contribution in [-0.2, 0) is 6.42 Å². The van der Waals surface area contributed by atoms with Crippen LogP contribution in [0.1, 0.15) is 25.3 Å². The van der Waals surface area contributed by atoms with E-state index in [-0.39, 0.29) is 6.10 Å². The first-order valence-electron chi connectivity index (χ1n) is 9.16. The van der Waals surface area contributed by atoms with Crippen LogP contribution in [0.25, 0.3) is 0 Å². The van der Waals surface area contributed by atoms with Crippen molar-refractivity contribution in [2.75, 3.05) is 39.8 Å². The van der Waals surface area contributed by atoms with Crippen LogP contribution >= 0.6 is 0 Å². The van der Waals surface area contributed by atoms with Gasteiger partial charge in [-0.1, -0.05) is 25.1 Å². The van der Waals surface area contributed by atoms with Crippen LogP contribution in [0.3, 0.4) is 0 Å². The van der Waals surface area contributed by atoms with E-state index in [0.29, 0.717) is 5.92 Å². The summed E-state index contributed by atoms with van der Waals surface area (Å²) in [6.07, 6.45) is 3.86. The van der Waals surface area contributed by atoms with Crippen molar-refractivity contribution in [3.05, 3.63) is 29.8 Å². The van der Waals surface area contributed by atoms with Gasteiger partial charge in [0.25, 0.3) is 0 Å². The quantitative estimate of drug-likeness (QED) is 0.618. The molecule has 0 radical (unpaired) electrons. The van der Waals surface area contributed by atoms with Gasteiger partial charge < -0.3 is 20.3 Å². The normalized spacial score (nSPS) is 22.1. The summed E-state index contributed by atoms with van der Waals surface area (Å²) in [5.41, 5.74) is 1.30. The van der Waals surface area contributed by atoms with Crippen LogP contribution in [-0.4, -0.2) is 56.7 Å². The lowest BCUT2D eigenvalue weighted by Crippen LogP contribution is -2.44. The van der Waals surface area contributed by atoms with Gasteiger partial charge in [0.1, 0.15) is 11.9 Å². The van der Waals surface area contributed by atoms with E-state index in [2.05, 4.69) is 39.6 Å². The minimum atomic E-state index is 0.183. The molecular weight excluding hydrogens is 300 g/mol. The van der Waals surface area contributed by atoms with Crippen molar-refractivity contribution in [1.82, 2.24) is 15.5 Å². The smallest absolute Gasteiger partial charge is 0.191 e. The molecule has 1 aromatic carbocycles. The number of fused-ring (bicyclic) bond motifs is 1. The Bertz CT molecular complexity index is 529. The minimum Gasteiger partial charge on any atom is -0.488 e. The second-order valence-electron chi connectivity index (χ2n) is 7.00. The van der Waals surface area contributed by atoms with E-state index in [1.165, 1.54) is 38.0 Å². The minimum absolute atomic E-state index is 0.183. The predicted molar refractivity (Wildman–Crippen MR) is 98.8 cm³/mol. The van der Waals surface area contributed by atoms with Crippen molar-refractivity contribution in [3.63, 3.8) is 0 Å². The zero-order valence-corrected chi connectivity index (χ0v) is 14.9. The standard InChI is InChI=1S/C19H30N4O/c1-15(14-23-9-5-6-10-23)12-21-19(20-2)22-13-17-11-16-7-3-4-8-18(16)24-17/h3-4,7-8,15,17H,5-6,9-14H2,1-2H3,(H2,20,21,22). The number of aliphatic imine (C=N–C) groups is 1. The Balaban J connectivity index is 1.36. The molecule has 0 bridgehead atoms. The molecule has 2 unspecified atom stereocenters. The van der Waals surface area contributed by atoms with Crippen molar-refractivity contribution >= 4 is 5.96 Å². The Hall–Kier alpha value is -1.75. The van der Waals surface area contributed by atoms with Crippen LogP contribution in [0.2, 0.25) is 0 Å². The fourth-order valence-corrected chi connectivity index (χ4v) is 3.54. The van der Waals surface area contributed by atoms with Crippen molar-refractivity contribution in [2.24, 2.45) is 10.9 Å². The fraction of sp³-hybridized carbons (Fsp3) is 0.632. The molecule has 0 spiro atoms. The van der Waals surface area contributed by atoms with E-state index in [9.17, 15) is 0 Å². The van der Waals surface area contributed by atoms with Crippen LogP contribution in [0, 0.1) is 5.92 Å². The summed E-state index contributed by atoms with van der Waals surface area (Å²) in [7, 11) is 1.82. The van der Waals surface area contributed by atoms with Crippen LogP contribution in [0.5, 0.6) is 5.75 Å².